The topological polar surface area (TPSA) is 42.2 Å². The van der Waals surface area contributed by atoms with Crippen LogP contribution in [0.5, 0.6) is 0 Å². The normalized spacial score (nSPS) is 9.64. The van der Waals surface area contributed by atoms with Crippen molar-refractivity contribution in [1.29, 1.82) is 0 Å². The lowest BCUT2D eigenvalue weighted by molar-refractivity contribution is -0.119. The van der Waals surface area contributed by atoms with Crippen molar-refractivity contribution in [2.24, 2.45) is 0 Å². The van der Waals surface area contributed by atoms with Gasteiger partial charge in [0.1, 0.15) is 5.76 Å². The Hall–Kier alpha value is -1.25. The summed E-state index contributed by atoms with van der Waals surface area (Å²) < 4.78 is 5.10. The van der Waals surface area contributed by atoms with Crippen molar-refractivity contribution in [3.05, 3.63) is 23.7 Å². The maximum atomic E-state index is 10.5. The highest BCUT2D eigenvalue weighted by Crippen LogP contribution is 2.07. The molecule has 3 nitrogen and oxygen atoms in total. The molecule has 1 heterocycles. The average molecular weight is 153 g/mol. The van der Waals surface area contributed by atoms with Crippen molar-refractivity contribution in [3.63, 3.8) is 0 Å². The third-order valence-corrected chi connectivity index (χ3v) is 1.47. The molecule has 0 fully saturated rings. The molecule has 3 heteroatoms. The zero-order valence-corrected chi connectivity index (χ0v) is 6.68. The van der Waals surface area contributed by atoms with Crippen molar-refractivity contribution in [2.75, 3.05) is 0 Å². The van der Waals surface area contributed by atoms with E-state index >= 15 is 0 Å². The molecule has 0 aromatic carbocycles. The lowest BCUT2D eigenvalue weighted by atomic mass is 10.3. The van der Waals surface area contributed by atoms with Crippen LogP contribution in [0, 0.1) is 6.92 Å². The van der Waals surface area contributed by atoms with E-state index < -0.39 is 0 Å². The summed E-state index contributed by atoms with van der Waals surface area (Å²) in [6.07, 6.45) is 1.62. The van der Waals surface area contributed by atoms with Crippen LogP contribution in [0.15, 0.2) is 16.7 Å². The van der Waals surface area contributed by atoms with Crippen LogP contribution in [0.3, 0.4) is 0 Å². The first-order chi connectivity index (χ1) is 5.20. The van der Waals surface area contributed by atoms with Gasteiger partial charge in [-0.1, -0.05) is 0 Å². The number of furan rings is 1. The highest BCUT2D eigenvalue weighted by Gasteiger charge is 2.00. The van der Waals surface area contributed by atoms with Gasteiger partial charge >= 0.3 is 0 Å². The lowest BCUT2D eigenvalue weighted by Gasteiger charge is -1.98. The molecule has 0 spiro atoms. The Labute approximate surface area is 65.4 Å². The van der Waals surface area contributed by atoms with Crippen LogP contribution in [0.4, 0.5) is 0 Å². The van der Waals surface area contributed by atoms with Crippen LogP contribution in [0.25, 0.3) is 0 Å². The molecule has 1 rings (SSSR count). The predicted molar refractivity (Wildman–Crippen MR) is 41.0 cm³/mol. The first kappa shape index (κ1) is 7.85. The molecule has 0 saturated carbocycles. The summed E-state index contributed by atoms with van der Waals surface area (Å²) in [7, 11) is 0. The molecule has 0 radical (unpaired) electrons. The average Bonchev–Trinajstić information content (AvgIpc) is 2.31. The van der Waals surface area contributed by atoms with E-state index in [0.29, 0.717) is 6.54 Å². The van der Waals surface area contributed by atoms with E-state index in [2.05, 4.69) is 5.32 Å². The molecule has 1 aromatic rings. The van der Waals surface area contributed by atoms with Gasteiger partial charge in [-0.2, -0.15) is 0 Å². The summed E-state index contributed by atoms with van der Waals surface area (Å²) >= 11 is 0. The summed E-state index contributed by atoms with van der Waals surface area (Å²) in [5.74, 6) is 0.779. The van der Waals surface area contributed by atoms with E-state index in [0.717, 1.165) is 11.3 Å². The maximum absolute atomic E-state index is 10.5. The van der Waals surface area contributed by atoms with Crippen molar-refractivity contribution in [1.82, 2.24) is 5.32 Å². The molecule has 0 aliphatic carbocycles. The van der Waals surface area contributed by atoms with Crippen LogP contribution < -0.4 is 5.32 Å². The largest absolute Gasteiger partial charge is 0.467 e. The zero-order valence-electron chi connectivity index (χ0n) is 6.68. The molecule has 1 amide bonds. The monoisotopic (exact) mass is 153 g/mol. The fraction of sp³-hybridized carbons (Fsp3) is 0.375. The second-order valence-electron chi connectivity index (χ2n) is 2.44. The lowest BCUT2D eigenvalue weighted by Crippen LogP contribution is -2.18. The van der Waals surface area contributed by atoms with Crippen LogP contribution in [-0.2, 0) is 11.3 Å². The van der Waals surface area contributed by atoms with Gasteiger partial charge < -0.3 is 9.73 Å². The number of hydrogen-bond acceptors (Lipinski definition) is 2. The molecule has 0 bridgehead atoms. The Morgan fingerprint density at radius 1 is 1.73 bits per heavy atom. The molecule has 60 valence electrons. The summed E-state index contributed by atoms with van der Waals surface area (Å²) in [6, 6.07) is 1.87. The van der Waals surface area contributed by atoms with Gasteiger partial charge in [0.25, 0.3) is 0 Å². The van der Waals surface area contributed by atoms with Gasteiger partial charge in [0, 0.05) is 6.92 Å². The SMILES string of the molecule is CC(=O)NCc1occc1C. The summed E-state index contributed by atoms with van der Waals surface area (Å²) in [6.45, 7) is 3.91. The Kier molecular flexibility index (Phi) is 2.31. The van der Waals surface area contributed by atoms with Crippen molar-refractivity contribution in [3.8, 4) is 0 Å². The summed E-state index contributed by atoms with van der Waals surface area (Å²) in [5, 5.41) is 2.66. The molecule has 11 heavy (non-hydrogen) atoms. The Morgan fingerprint density at radius 3 is 2.91 bits per heavy atom. The molecule has 0 atom stereocenters. The van der Waals surface area contributed by atoms with E-state index in [4.69, 9.17) is 4.42 Å². The third kappa shape index (κ3) is 2.11. The number of aryl methyl sites for hydroxylation is 1. The van der Waals surface area contributed by atoms with E-state index in [1.54, 1.807) is 6.26 Å². The minimum atomic E-state index is -0.0409. The quantitative estimate of drug-likeness (QED) is 0.694. The number of rotatable bonds is 2. The molecule has 0 unspecified atom stereocenters. The molecular weight excluding hydrogens is 142 g/mol. The fourth-order valence-electron chi connectivity index (χ4n) is 0.790. The summed E-state index contributed by atoms with van der Waals surface area (Å²) in [5.41, 5.74) is 1.07. The molecule has 1 N–H and O–H groups in total. The Morgan fingerprint density at radius 2 is 2.45 bits per heavy atom. The fourth-order valence-corrected chi connectivity index (χ4v) is 0.790. The van der Waals surface area contributed by atoms with E-state index in [1.807, 2.05) is 13.0 Å². The third-order valence-electron chi connectivity index (χ3n) is 1.47. The van der Waals surface area contributed by atoms with E-state index in [1.165, 1.54) is 6.92 Å². The number of carbonyl (C=O) groups excluding carboxylic acids is 1. The van der Waals surface area contributed by atoms with Gasteiger partial charge in [-0.25, -0.2) is 0 Å². The van der Waals surface area contributed by atoms with Crippen LogP contribution in [0.1, 0.15) is 18.2 Å². The van der Waals surface area contributed by atoms with Gasteiger partial charge in [0.05, 0.1) is 12.8 Å². The minimum absolute atomic E-state index is 0.0409. The van der Waals surface area contributed by atoms with Crippen molar-refractivity contribution < 1.29 is 9.21 Å². The maximum Gasteiger partial charge on any atom is 0.217 e. The minimum Gasteiger partial charge on any atom is -0.467 e. The van der Waals surface area contributed by atoms with E-state index in [9.17, 15) is 4.79 Å². The zero-order chi connectivity index (χ0) is 8.27. The first-order valence-corrected chi connectivity index (χ1v) is 3.47. The molecule has 0 aliphatic heterocycles. The van der Waals surface area contributed by atoms with Crippen LogP contribution in [-0.4, -0.2) is 5.91 Å². The number of carbonyl (C=O) groups is 1. The number of amides is 1. The van der Waals surface area contributed by atoms with Crippen molar-refractivity contribution in [2.45, 2.75) is 20.4 Å². The van der Waals surface area contributed by atoms with Crippen LogP contribution >= 0.6 is 0 Å². The van der Waals surface area contributed by atoms with Gasteiger partial charge in [-0.05, 0) is 18.6 Å². The predicted octanol–water partition coefficient (Wildman–Crippen LogP) is 1.22. The standard InChI is InChI=1S/C8H11NO2/c1-6-3-4-11-8(6)5-9-7(2)10/h3-4H,5H2,1-2H3,(H,9,10). The second kappa shape index (κ2) is 3.23. The smallest absolute Gasteiger partial charge is 0.217 e. The summed E-state index contributed by atoms with van der Waals surface area (Å²) in [4.78, 5) is 10.5. The van der Waals surface area contributed by atoms with E-state index in [-0.39, 0.29) is 5.91 Å². The number of hydrogen-bond donors (Lipinski definition) is 1. The second-order valence-corrected chi connectivity index (χ2v) is 2.44. The number of nitrogens with one attached hydrogen (secondary N) is 1. The van der Waals surface area contributed by atoms with Gasteiger partial charge in [-0.15, -0.1) is 0 Å². The van der Waals surface area contributed by atoms with Gasteiger partial charge in [0.15, 0.2) is 0 Å². The molecule has 0 saturated heterocycles. The van der Waals surface area contributed by atoms with Crippen LogP contribution in [0.2, 0.25) is 0 Å². The van der Waals surface area contributed by atoms with Crippen molar-refractivity contribution >= 4 is 5.91 Å². The Bertz CT molecular complexity index is 252. The highest BCUT2D eigenvalue weighted by molar-refractivity contribution is 5.72. The first-order valence-electron chi connectivity index (χ1n) is 3.47. The molecule has 0 aliphatic rings. The van der Waals surface area contributed by atoms with Gasteiger partial charge in [0.2, 0.25) is 5.91 Å². The molecule has 1 aromatic heterocycles. The molecular formula is C8H11NO2. The Balaban J connectivity index is 2.51. The highest BCUT2D eigenvalue weighted by atomic mass is 16.3. The van der Waals surface area contributed by atoms with Gasteiger partial charge in [-0.3, -0.25) is 4.79 Å².